The molecule has 6 heteroatoms. The van der Waals surface area contributed by atoms with Gasteiger partial charge in [0.15, 0.2) is 5.78 Å². The minimum atomic E-state index is -0.936. The smallest absolute Gasteiger partial charge is 0.170 e. The quantitative estimate of drug-likeness (QED) is 0.585. The summed E-state index contributed by atoms with van der Waals surface area (Å²) in [4.78, 5) is 11.9. The number of benzene rings is 2. The van der Waals surface area contributed by atoms with Gasteiger partial charge in [-0.3, -0.25) is 4.79 Å². The van der Waals surface area contributed by atoms with E-state index in [2.05, 4.69) is 0 Å². The normalized spacial score (nSPS) is 10.7. The molecule has 0 unspecified atom stereocenters. The zero-order valence-corrected chi connectivity index (χ0v) is 11.4. The average molecular weight is 319 g/mol. The van der Waals surface area contributed by atoms with Crippen LogP contribution in [0.25, 0.3) is 0 Å². The van der Waals surface area contributed by atoms with E-state index in [0.717, 1.165) is 12.1 Å². The van der Waals surface area contributed by atoms with Gasteiger partial charge in [0.25, 0.3) is 0 Å². The first-order valence-electron chi connectivity index (χ1n) is 5.50. The van der Waals surface area contributed by atoms with Crippen molar-refractivity contribution in [3.63, 3.8) is 0 Å². The molecule has 0 aliphatic heterocycles. The molecule has 0 saturated heterocycles. The maximum atomic E-state index is 13.6. The van der Waals surface area contributed by atoms with Crippen molar-refractivity contribution in [2.24, 2.45) is 0 Å². The van der Waals surface area contributed by atoms with Gasteiger partial charge >= 0.3 is 0 Å². The number of carbonyl (C=O) groups is 1. The van der Waals surface area contributed by atoms with E-state index < -0.39 is 33.8 Å². The molecule has 0 bridgehead atoms. The molecule has 20 heavy (non-hydrogen) atoms. The lowest BCUT2D eigenvalue weighted by atomic mass is 10.0. The third-order valence-corrected chi connectivity index (χ3v) is 3.41. The number of halogens is 5. The molecule has 0 fully saturated rings. The van der Waals surface area contributed by atoms with Gasteiger partial charge in [-0.1, -0.05) is 35.3 Å². The fourth-order valence-corrected chi connectivity index (χ4v) is 2.03. The Bertz CT molecular complexity index is 686. The van der Waals surface area contributed by atoms with Crippen molar-refractivity contribution in [1.82, 2.24) is 0 Å². The molecule has 0 N–H and O–H groups in total. The number of hydrogen-bond acceptors (Lipinski definition) is 1. The predicted molar refractivity (Wildman–Crippen MR) is 70.8 cm³/mol. The number of ketones is 1. The SMILES string of the molecule is O=C(Cc1cccc(F)c1Cl)c1cc(F)c(Cl)cc1F. The number of Topliss-reactive ketones (excluding diaryl/α,β-unsaturated/α-hetero) is 1. The third kappa shape index (κ3) is 2.97. The van der Waals surface area contributed by atoms with Crippen LogP contribution in [0.4, 0.5) is 13.2 Å². The predicted octanol–water partition coefficient (Wildman–Crippen LogP) is 4.84. The van der Waals surface area contributed by atoms with Gasteiger partial charge in [-0.15, -0.1) is 0 Å². The van der Waals surface area contributed by atoms with Gasteiger partial charge in [0.05, 0.1) is 15.6 Å². The molecule has 0 heterocycles. The topological polar surface area (TPSA) is 17.1 Å². The highest BCUT2D eigenvalue weighted by Crippen LogP contribution is 2.24. The second-order valence-corrected chi connectivity index (χ2v) is 4.84. The Morgan fingerprint density at radius 3 is 2.40 bits per heavy atom. The lowest BCUT2D eigenvalue weighted by Crippen LogP contribution is -2.08. The molecule has 104 valence electrons. The Morgan fingerprint density at radius 1 is 1.00 bits per heavy atom. The minimum absolute atomic E-state index is 0.200. The maximum Gasteiger partial charge on any atom is 0.170 e. The van der Waals surface area contributed by atoms with Gasteiger partial charge in [0.2, 0.25) is 0 Å². The molecule has 0 saturated carbocycles. The number of carbonyl (C=O) groups excluding carboxylic acids is 1. The summed E-state index contributed by atoms with van der Waals surface area (Å²) in [6.07, 6.45) is -0.339. The average Bonchev–Trinajstić information content (AvgIpc) is 2.39. The van der Waals surface area contributed by atoms with Crippen LogP contribution in [0.3, 0.4) is 0 Å². The van der Waals surface area contributed by atoms with Crippen LogP contribution < -0.4 is 0 Å². The van der Waals surface area contributed by atoms with E-state index in [1.165, 1.54) is 12.1 Å². The molecule has 1 nitrogen and oxygen atoms in total. The summed E-state index contributed by atoms with van der Waals surface area (Å²) in [5, 5.41) is -0.626. The first-order valence-corrected chi connectivity index (χ1v) is 6.26. The van der Waals surface area contributed by atoms with Crippen LogP contribution in [0.2, 0.25) is 10.0 Å². The van der Waals surface area contributed by atoms with E-state index >= 15 is 0 Å². The fourth-order valence-electron chi connectivity index (χ4n) is 1.69. The van der Waals surface area contributed by atoms with Gasteiger partial charge in [-0.25, -0.2) is 13.2 Å². The Hall–Kier alpha value is -1.52. The Kier molecular flexibility index (Phi) is 4.35. The molecule has 0 aliphatic carbocycles. The summed E-state index contributed by atoms with van der Waals surface area (Å²) in [6.45, 7) is 0. The molecule has 0 aromatic heterocycles. The Balaban J connectivity index is 2.33. The summed E-state index contributed by atoms with van der Waals surface area (Å²) in [7, 11) is 0. The fraction of sp³-hybridized carbons (Fsp3) is 0.0714. The van der Waals surface area contributed by atoms with Gasteiger partial charge in [-0.2, -0.15) is 0 Å². The number of hydrogen-bond donors (Lipinski definition) is 0. The van der Waals surface area contributed by atoms with Gasteiger partial charge in [0.1, 0.15) is 17.5 Å². The third-order valence-electron chi connectivity index (χ3n) is 2.69. The van der Waals surface area contributed by atoms with Gasteiger partial charge in [0, 0.05) is 6.42 Å². The van der Waals surface area contributed by atoms with Gasteiger partial charge in [-0.05, 0) is 23.8 Å². The van der Waals surface area contributed by atoms with E-state index in [-0.39, 0.29) is 17.0 Å². The molecule has 0 atom stereocenters. The highest BCUT2D eigenvalue weighted by atomic mass is 35.5. The van der Waals surface area contributed by atoms with Crippen molar-refractivity contribution in [2.75, 3.05) is 0 Å². The Morgan fingerprint density at radius 2 is 1.70 bits per heavy atom. The maximum absolute atomic E-state index is 13.6. The lowest BCUT2D eigenvalue weighted by molar-refractivity contribution is 0.0988. The van der Waals surface area contributed by atoms with E-state index in [1.54, 1.807) is 0 Å². The van der Waals surface area contributed by atoms with Crippen LogP contribution in [0.5, 0.6) is 0 Å². The van der Waals surface area contributed by atoms with Crippen molar-refractivity contribution < 1.29 is 18.0 Å². The summed E-state index contributed by atoms with van der Waals surface area (Å²) in [6, 6.07) is 5.39. The lowest BCUT2D eigenvalue weighted by Gasteiger charge is -2.06. The molecule has 2 rings (SSSR count). The summed E-state index contributed by atoms with van der Waals surface area (Å²) in [5.41, 5.74) is -0.251. The monoisotopic (exact) mass is 318 g/mol. The molecule has 0 radical (unpaired) electrons. The van der Waals surface area contributed by atoms with E-state index in [1.807, 2.05) is 0 Å². The van der Waals surface area contributed by atoms with Crippen molar-refractivity contribution >= 4 is 29.0 Å². The van der Waals surface area contributed by atoms with Crippen LogP contribution in [-0.2, 0) is 6.42 Å². The van der Waals surface area contributed by atoms with E-state index in [0.29, 0.717) is 6.07 Å². The first kappa shape index (κ1) is 14.9. The molecule has 0 amide bonds. The molecule has 0 aliphatic rings. The highest BCUT2D eigenvalue weighted by Gasteiger charge is 2.17. The van der Waals surface area contributed by atoms with E-state index in [9.17, 15) is 18.0 Å². The Labute approximate surface area is 122 Å². The number of rotatable bonds is 3. The zero-order valence-electron chi connectivity index (χ0n) is 9.89. The van der Waals surface area contributed by atoms with Gasteiger partial charge < -0.3 is 0 Å². The van der Waals surface area contributed by atoms with Crippen molar-refractivity contribution in [2.45, 2.75) is 6.42 Å². The molecular formula is C14H7Cl2F3O. The second kappa shape index (κ2) is 5.85. The minimum Gasteiger partial charge on any atom is -0.294 e. The van der Waals surface area contributed by atoms with Crippen LogP contribution in [-0.4, -0.2) is 5.78 Å². The highest BCUT2D eigenvalue weighted by molar-refractivity contribution is 6.32. The van der Waals surface area contributed by atoms with Crippen LogP contribution in [0, 0.1) is 17.5 Å². The van der Waals surface area contributed by atoms with Crippen LogP contribution >= 0.6 is 23.2 Å². The molecule has 2 aromatic rings. The summed E-state index contributed by atoms with van der Waals surface area (Å²) in [5.74, 6) is -3.24. The summed E-state index contributed by atoms with van der Waals surface area (Å²) >= 11 is 11.1. The zero-order chi connectivity index (χ0) is 14.9. The first-order chi connectivity index (χ1) is 9.40. The standard InChI is InChI=1S/C14H7Cl2F3O/c15-9-6-11(18)8(5-12(9)19)13(20)4-7-2-1-3-10(17)14(7)16/h1-3,5-6H,4H2. The second-order valence-electron chi connectivity index (χ2n) is 4.06. The van der Waals surface area contributed by atoms with E-state index in [4.69, 9.17) is 23.2 Å². The van der Waals surface area contributed by atoms with Crippen molar-refractivity contribution in [3.8, 4) is 0 Å². The van der Waals surface area contributed by atoms with Crippen LogP contribution in [0.1, 0.15) is 15.9 Å². The van der Waals surface area contributed by atoms with Crippen LogP contribution in [0.15, 0.2) is 30.3 Å². The molecular weight excluding hydrogens is 312 g/mol. The largest absolute Gasteiger partial charge is 0.294 e. The molecule has 0 spiro atoms. The molecule has 2 aromatic carbocycles. The van der Waals surface area contributed by atoms with Crippen molar-refractivity contribution in [3.05, 3.63) is 69.0 Å². The summed E-state index contributed by atoms with van der Waals surface area (Å²) < 4.78 is 40.1. The van der Waals surface area contributed by atoms with Crippen molar-refractivity contribution in [1.29, 1.82) is 0 Å².